The maximum atomic E-state index is 11.4. The number of esters is 1. The first kappa shape index (κ1) is 14.6. The van der Waals surface area contributed by atoms with Crippen LogP contribution in [-0.2, 0) is 19.4 Å². The van der Waals surface area contributed by atoms with Gasteiger partial charge in [-0.15, -0.1) is 0 Å². The molecule has 0 aromatic carbocycles. The summed E-state index contributed by atoms with van der Waals surface area (Å²) in [7, 11) is -3.31. The second kappa shape index (κ2) is 5.92. The molecule has 100 valence electrons. The van der Waals surface area contributed by atoms with Gasteiger partial charge in [-0.2, -0.15) is 0 Å². The highest BCUT2D eigenvalue weighted by Gasteiger charge is 2.16. The summed E-state index contributed by atoms with van der Waals surface area (Å²) in [5, 5.41) is 0. The van der Waals surface area contributed by atoms with Gasteiger partial charge in [-0.3, -0.25) is 9.78 Å². The van der Waals surface area contributed by atoms with Crippen LogP contribution in [0.15, 0.2) is 23.2 Å². The number of ether oxygens (including phenoxy) is 1. The van der Waals surface area contributed by atoms with E-state index in [0.717, 1.165) is 6.26 Å². The molecule has 0 bridgehead atoms. The molecule has 1 aromatic rings. The van der Waals surface area contributed by atoms with E-state index in [1.165, 1.54) is 18.3 Å². The molecule has 0 aliphatic rings. The summed E-state index contributed by atoms with van der Waals surface area (Å²) in [6.07, 6.45) is 2.42. The number of nitrogens with zero attached hydrogens (tertiary/aromatic N) is 1. The monoisotopic (exact) mass is 272 g/mol. The molecule has 0 spiro atoms. The van der Waals surface area contributed by atoms with Crippen molar-refractivity contribution in [3.8, 4) is 0 Å². The molecule has 0 saturated heterocycles. The van der Waals surface area contributed by atoms with Gasteiger partial charge in [0.25, 0.3) is 0 Å². The molecule has 0 aliphatic carbocycles. The molecule has 1 unspecified atom stereocenters. The Morgan fingerprint density at radius 3 is 2.78 bits per heavy atom. The maximum Gasteiger partial charge on any atom is 0.307 e. The molecule has 7 heteroatoms. The van der Waals surface area contributed by atoms with E-state index in [9.17, 15) is 13.2 Å². The lowest BCUT2D eigenvalue weighted by molar-refractivity contribution is -0.143. The molecule has 0 aliphatic heterocycles. The highest BCUT2D eigenvalue weighted by molar-refractivity contribution is 7.90. The first-order valence-electron chi connectivity index (χ1n) is 5.41. The molecule has 0 amide bonds. The lowest BCUT2D eigenvalue weighted by atomic mass is 10.1. The molecule has 1 atom stereocenters. The Morgan fingerprint density at radius 2 is 2.22 bits per heavy atom. The van der Waals surface area contributed by atoms with E-state index in [-0.39, 0.29) is 17.9 Å². The summed E-state index contributed by atoms with van der Waals surface area (Å²) in [4.78, 5) is 15.4. The van der Waals surface area contributed by atoms with Crippen molar-refractivity contribution < 1.29 is 17.9 Å². The zero-order valence-electron chi connectivity index (χ0n) is 10.3. The molecule has 0 saturated carbocycles. The topological polar surface area (TPSA) is 99.4 Å². The molecule has 1 aromatic heterocycles. The fourth-order valence-electron chi connectivity index (χ4n) is 1.37. The van der Waals surface area contributed by atoms with E-state index in [0.29, 0.717) is 5.69 Å². The minimum Gasteiger partial charge on any atom is -0.466 e. The van der Waals surface area contributed by atoms with E-state index in [1.54, 1.807) is 6.92 Å². The third kappa shape index (κ3) is 4.08. The molecule has 0 radical (unpaired) electrons. The van der Waals surface area contributed by atoms with Crippen LogP contribution in [-0.4, -0.2) is 32.2 Å². The van der Waals surface area contributed by atoms with E-state index in [4.69, 9.17) is 10.5 Å². The molecule has 0 fully saturated rings. The Hall–Kier alpha value is -1.47. The summed E-state index contributed by atoms with van der Waals surface area (Å²) in [5.74, 6) is -0.434. The van der Waals surface area contributed by atoms with Gasteiger partial charge < -0.3 is 10.5 Å². The summed E-state index contributed by atoms with van der Waals surface area (Å²) < 4.78 is 27.5. The van der Waals surface area contributed by atoms with Crippen LogP contribution < -0.4 is 5.73 Å². The fraction of sp³-hybridized carbons (Fsp3) is 0.455. The molecule has 2 N–H and O–H groups in total. The van der Waals surface area contributed by atoms with E-state index in [1.807, 2.05) is 0 Å². The number of aromatic nitrogens is 1. The number of hydrogen-bond donors (Lipinski definition) is 1. The Bertz CT molecular complexity index is 528. The van der Waals surface area contributed by atoms with Crippen LogP contribution in [0.2, 0.25) is 0 Å². The predicted molar refractivity (Wildman–Crippen MR) is 65.5 cm³/mol. The number of rotatable bonds is 5. The van der Waals surface area contributed by atoms with Crippen molar-refractivity contribution in [1.82, 2.24) is 4.98 Å². The predicted octanol–water partition coefficient (Wildman–Crippen LogP) is 0.438. The Kier molecular flexibility index (Phi) is 4.80. The van der Waals surface area contributed by atoms with Crippen molar-refractivity contribution in [3.05, 3.63) is 24.0 Å². The van der Waals surface area contributed by atoms with Crippen molar-refractivity contribution in [2.45, 2.75) is 24.3 Å². The molecule has 1 heterocycles. The quantitative estimate of drug-likeness (QED) is 0.781. The summed E-state index contributed by atoms with van der Waals surface area (Å²) in [5.41, 5.74) is 6.13. The van der Waals surface area contributed by atoms with Gasteiger partial charge in [0, 0.05) is 12.5 Å². The highest BCUT2D eigenvalue weighted by atomic mass is 32.2. The second-order valence-corrected chi connectivity index (χ2v) is 5.82. The van der Waals surface area contributed by atoms with Gasteiger partial charge in [0.1, 0.15) is 0 Å². The zero-order valence-corrected chi connectivity index (χ0v) is 11.1. The average molecular weight is 272 g/mol. The minimum atomic E-state index is -3.31. The Labute approximate surface area is 106 Å². The number of hydrogen-bond acceptors (Lipinski definition) is 6. The normalized spacial score (nSPS) is 13.1. The van der Waals surface area contributed by atoms with Crippen molar-refractivity contribution in [1.29, 1.82) is 0 Å². The van der Waals surface area contributed by atoms with Crippen molar-refractivity contribution in [2.75, 3.05) is 12.9 Å². The van der Waals surface area contributed by atoms with Gasteiger partial charge in [-0.1, -0.05) is 0 Å². The number of carbonyl (C=O) groups is 1. The Balaban J connectivity index is 2.87. The van der Waals surface area contributed by atoms with Crippen LogP contribution in [0.3, 0.4) is 0 Å². The van der Waals surface area contributed by atoms with E-state index >= 15 is 0 Å². The van der Waals surface area contributed by atoms with Gasteiger partial charge in [-0.25, -0.2) is 8.42 Å². The van der Waals surface area contributed by atoms with Gasteiger partial charge in [0.15, 0.2) is 9.84 Å². The number of carbonyl (C=O) groups excluding carboxylic acids is 1. The van der Waals surface area contributed by atoms with Gasteiger partial charge in [0.2, 0.25) is 0 Å². The van der Waals surface area contributed by atoms with Crippen LogP contribution in [0.4, 0.5) is 0 Å². The minimum absolute atomic E-state index is 0.0337. The summed E-state index contributed by atoms with van der Waals surface area (Å²) in [6.45, 7) is 1.98. The van der Waals surface area contributed by atoms with Crippen LogP contribution in [0.25, 0.3) is 0 Å². The fourth-order valence-corrected chi connectivity index (χ4v) is 2.01. The van der Waals surface area contributed by atoms with Crippen LogP contribution in [0.1, 0.15) is 25.1 Å². The van der Waals surface area contributed by atoms with Crippen molar-refractivity contribution in [3.63, 3.8) is 0 Å². The lowest BCUT2D eigenvalue weighted by Crippen LogP contribution is -2.18. The number of nitrogens with two attached hydrogens (primary N) is 1. The largest absolute Gasteiger partial charge is 0.466 e. The average Bonchev–Trinajstić information content (AvgIpc) is 2.28. The first-order chi connectivity index (χ1) is 8.34. The van der Waals surface area contributed by atoms with E-state index < -0.39 is 21.8 Å². The second-order valence-electron chi connectivity index (χ2n) is 3.80. The van der Waals surface area contributed by atoms with Crippen molar-refractivity contribution >= 4 is 15.8 Å². The molecule has 1 rings (SSSR count). The maximum absolute atomic E-state index is 11.4. The van der Waals surface area contributed by atoms with Crippen LogP contribution >= 0.6 is 0 Å². The lowest BCUT2D eigenvalue weighted by Gasteiger charge is -2.11. The first-order valence-corrected chi connectivity index (χ1v) is 7.31. The standard InChI is InChI=1S/C11H16N2O4S/c1-3-17-11(14)7-9(12)10-6-8(4-5-13-10)18(2,15)16/h4-6,9H,3,7,12H2,1-2H3. The number of pyridine rings is 1. The van der Waals surface area contributed by atoms with Crippen LogP contribution in [0.5, 0.6) is 0 Å². The smallest absolute Gasteiger partial charge is 0.307 e. The highest BCUT2D eigenvalue weighted by Crippen LogP contribution is 2.16. The van der Waals surface area contributed by atoms with Crippen LogP contribution in [0, 0.1) is 0 Å². The van der Waals surface area contributed by atoms with Gasteiger partial charge in [0.05, 0.1) is 29.7 Å². The molecular weight excluding hydrogens is 256 g/mol. The third-order valence-corrected chi connectivity index (χ3v) is 3.36. The van der Waals surface area contributed by atoms with Gasteiger partial charge >= 0.3 is 5.97 Å². The van der Waals surface area contributed by atoms with E-state index in [2.05, 4.69) is 4.98 Å². The van der Waals surface area contributed by atoms with Gasteiger partial charge in [-0.05, 0) is 19.1 Å². The molecular formula is C11H16N2O4S. The van der Waals surface area contributed by atoms with Crippen molar-refractivity contribution in [2.24, 2.45) is 5.73 Å². The molecule has 18 heavy (non-hydrogen) atoms. The summed E-state index contributed by atoms with van der Waals surface area (Å²) >= 11 is 0. The molecule has 6 nitrogen and oxygen atoms in total. The summed E-state index contributed by atoms with van der Waals surface area (Å²) in [6, 6.07) is 2.08. The number of sulfone groups is 1. The third-order valence-electron chi connectivity index (χ3n) is 2.25. The SMILES string of the molecule is CCOC(=O)CC(N)c1cc(S(C)(=O)=O)ccn1. The Morgan fingerprint density at radius 1 is 1.56 bits per heavy atom. The zero-order chi connectivity index (χ0) is 13.8.